The van der Waals surface area contributed by atoms with Gasteiger partial charge in [0.15, 0.2) is 0 Å². The quantitative estimate of drug-likeness (QED) is 0.728. The first-order valence-electron chi connectivity index (χ1n) is 5.62. The standard InChI is InChI=1S/C12H15ClO2S/c13-11-6-10(8-16-11)2-1-3-12(14)15-7-9-4-5-9/h6,8-9H,1-5,7H2. The number of hydrogen-bond donors (Lipinski definition) is 0. The molecule has 16 heavy (non-hydrogen) atoms. The molecule has 0 unspecified atom stereocenters. The molecule has 0 aliphatic heterocycles. The topological polar surface area (TPSA) is 26.3 Å². The second-order valence-corrected chi connectivity index (χ2v) is 5.78. The monoisotopic (exact) mass is 258 g/mol. The van der Waals surface area contributed by atoms with Gasteiger partial charge >= 0.3 is 5.97 Å². The third-order valence-corrected chi connectivity index (χ3v) is 3.79. The fourth-order valence-corrected chi connectivity index (χ4v) is 2.42. The van der Waals surface area contributed by atoms with E-state index in [1.54, 1.807) is 0 Å². The van der Waals surface area contributed by atoms with Gasteiger partial charge in [-0.05, 0) is 48.6 Å². The van der Waals surface area contributed by atoms with Crippen LogP contribution in [-0.4, -0.2) is 12.6 Å². The summed E-state index contributed by atoms with van der Waals surface area (Å²) in [4.78, 5) is 11.3. The van der Waals surface area contributed by atoms with Gasteiger partial charge in [-0.3, -0.25) is 4.79 Å². The van der Waals surface area contributed by atoms with Crippen molar-refractivity contribution in [1.82, 2.24) is 0 Å². The van der Waals surface area contributed by atoms with Crippen molar-refractivity contribution in [2.45, 2.75) is 32.1 Å². The van der Waals surface area contributed by atoms with E-state index < -0.39 is 0 Å². The molecule has 1 aromatic heterocycles. The molecule has 0 bridgehead atoms. The fraction of sp³-hybridized carbons (Fsp3) is 0.583. The van der Waals surface area contributed by atoms with Gasteiger partial charge in [0, 0.05) is 6.42 Å². The van der Waals surface area contributed by atoms with Gasteiger partial charge in [-0.15, -0.1) is 11.3 Å². The number of aryl methyl sites for hydroxylation is 1. The summed E-state index contributed by atoms with van der Waals surface area (Å²) in [7, 11) is 0. The highest BCUT2D eigenvalue weighted by molar-refractivity contribution is 7.14. The predicted molar refractivity (Wildman–Crippen MR) is 66.0 cm³/mol. The van der Waals surface area contributed by atoms with E-state index >= 15 is 0 Å². The summed E-state index contributed by atoms with van der Waals surface area (Å²) >= 11 is 7.36. The van der Waals surface area contributed by atoms with Crippen LogP contribution in [0, 0.1) is 5.92 Å². The second-order valence-electron chi connectivity index (χ2n) is 4.24. The molecule has 1 aliphatic carbocycles. The predicted octanol–water partition coefficient (Wildman–Crippen LogP) is 3.68. The lowest BCUT2D eigenvalue weighted by Crippen LogP contribution is -2.07. The minimum atomic E-state index is -0.0618. The van der Waals surface area contributed by atoms with Gasteiger partial charge in [0.25, 0.3) is 0 Å². The van der Waals surface area contributed by atoms with Gasteiger partial charge in [0.2, 0.25) is 0 Å². The van der Waals surface area contributed by atoms with Gasteiger partial charge in [-0.1, -0.05) is 11.6 Å². The molecule has 0 N–H and O–H groups in total. The van der Waals surface area contributed by atoms with Gasteiger partial charge < -0.3 is 4.74 Å². The van der Waals surface area contributed by atoms with Gasteiger partial charge in [0.05, 0.1) is 10.9 Å². The van der Waals surface area contributed by atoms with Crippen LogP contribution in [0.25, 0.3) is 0 Å². The van der Waals surface area contributed by atoms with Crippen LogP contribution in [0.5, 0.6) is 0 Å². The third kappa shape index (κ3) is 4.14. The number of rotatable bonds is 6. The van der Waals surface area contributed by atoms with E-state index in [0.717, 1.165) is 17.2 Å². The SMILES string of the molecule is O=C(CCCc1csc(Cl)c1)OCC1CC1. The Balaban J connectivity index is 1.57. The Bertz CT molecular complexity index is 358. The number of hydrogen-bond acceptors (Lipinski definition) is 3. The van der Waals surface area contributed by atoms with Gasteiger partial charge in [0.1, 0.15) is 0 Å². The molecule has 0 radical (unpaired) electrons. The highest BCUT2D eigenvalue weighted by Crippen LogP contribution is 2.29. The Morgan fingerprint density at radius 3 is 3.00 bits per heavy atom. The minimum Gasteiger partial charge on any atom is -0.465 e. The number of carbonyl (C=O) groups is 1. The Morgan fingerprint density at radius 2 is 2.38 bits per heavy atom. The van der Waals surface area contributed by atoms with Crippen LogP contribution in [0.15, 0.2) is 11.4 Å². The average molecular weight is 259 g/mol. The average Bonchev–Trinajstić information content (AvgIpc) is 2.99. The van der Waals surface area contributed by atoms with Crippen LogP contribution in [0.1, 0.15) is 31.2 Å². The Morgan fingerprint density at radius 1 is 1.56 bits per heavy atom. The zero-order valence-electron chi connectivity index (χ0n) is 9.08. The first-order valence-corrected chi connectivity index (χ1v) is 6.88. The highest BCUT2D eigenvalue weighted by atomic mass is 35.5. The smallest absolute Gasteiger partial charge is 0.305 e. The van der Waals surface area contributed by atoms with E-state index in [4.69, 9.17) is 16.3 Å². The first kappa shape index (κ1) is 11.9. The molecule has 2 nitrogen and oxygen atoms in total. The molecule has 1 fully saturated rings. The van der Waals surface area contributed by atoms with Crippen LogP contribution in [0.4, 0.5) is 0 Å². The van der Waals surface area contributed by atoms with Crippen LogP contribution in [0.2, 0.25) is 4.34 Å². The number of thiophene rings is 1. The Hall–Kier alpha value is -0.540. The lowest BCUT2D eigenvalue weighted by molar-refractivity contribution is -0.144. The van der Waals surface area contributed by atoms with Crippen molar-refractivity contribution in [3.63, 3.8) is 0 Å². The van der Waals surface area contributed by atoms with E-state index in [1.807, 2.05) is 11.4 Å². The largest absolute Gasteiger partial charge is 0.465 e. The molecule has 0 saturated heterocycles. The maximum Gasteiger partial charge on any atom is 0.305 e. The van der Waals surface area contributed by atoms with E-state index in [1.165, 1.54) is 29.7 Å². The summed E-state index contributed by atoms with van der Waals surface area (Å²) in [6, 6.07) is 1.96. The van der Waals surface area contributed by atoms with E-state index in [0.29, 0.717) is 18.9 Å². The van der Waals surface area contributed by atoms with Gasteiger partial charge in [-0.25, -0.2) is 0 Å². The zero-order valence-corrected chi connectivity index (χ0v) is 10.6. The molecule has 0 spiro atoms. The van der Waals surface area contributed by atoms with Crippen molar-refractivity contribution in [3.05, 3.63) is 21.3 Å². The number of esters is 1. The normalized spacial score (nSPS) is 15.1. The molecule has 4 heteroatoms. The Kier molecular flexibility index (Phi) is 4.24. The summed E-state index contributed by atoms with van der Waals surface area (Å²) in [5.74, 6) is 0.591. The maximum absolute atomic E-state index is 11.3. The zero-order chi connectivity index (χ0) is 11.4. The molecule has 0 amide bonds. The molecule has 1 aromatic rings. The van der Waals surface area contributed by atoms with Crippen LogP contribution < -0.4 is 0 Å². The summed E-state index contributed by atoms with van der Waals surface area (Å²) < 4.78 is 5.96. The molecule has 1 heterocycles. The van der Waals surface area contributed by atoms with Crippen LogP contribution in [0.3, 0.4) is 0 Å². The summed E-state index contributed by atoms with van der Waals surface area (Å²) in [6.07, 6.45) is 4.71. The van der Waals surface area contributed by atoms with E-state index in [2.05, 4.69) is 0 Å². The fourth-order valence-electron chi connectivity index (χ4n) is 1.48. The molecule has 2 rings (SSSR count). The van der Waals surface area contributed by atoms with Crippen molar-refractivity contribution >= 4 is 28.9 Å². The minimum absolute atomic E-state index is 0.0618. The van der Waals surface area contributed by atoms with Crippen molar-refractivity contribution in [1.29, 1.82) is 0 Å². The molecule has 88 valence electrons. The first-order chi connectivity index (χ1) is 7.74. The molecular formula is C12H15ClO2S. The lowest BCUT2D eigenvalue weighted by atomic mass is 10.1. The van der Waals surface area contributed by atoms with Crippen LogP contribution >= 0.6 is 22.9 Å². The Labute approximate surface area is 105 Å². The van der Waals surface area contributed by atoms with Crippen LogP contribution in [-0.2, 0) is 16.0 Å². The lowest BCUT2D eigenvalue weighted by Gasteiger charge is -2.02. The molecule has 0 aromatic carbocycles. The number of halogens is 1. The summed E-state index contributed by atoms with van der Waals surface area (Å²) in [5.41, 5.74) is 1.21. The highest BCUT2D eigenvalue weighted by Gasteiger charge is 2.22. The van der Waals surface area contributed by atoms with E-state index in [-0.39, 0.29) is 5.97 Å². The van der Waals surface area contributed by atoms with Crippen molar-refractivity contribution in [3.8, 4) is 0 Å². The van der Waals surface area contributed by atoms with Gasteiger partial charge in [-0.2, -0.15) is 0 Å². The molecule has 0 atom stereocenters. The van der Waals surface area contributed by atoms with E-state index in [9.17, 15) is 4.79 Å². The third-order valence-electron chi connectivity index (χ3n) is 2.65. The van der Waals surface area contributed by atoms with Crippen molar-refractivity contribution in [2.75, 3.05) is 6.61 Å². The van der Waals surface area contributed by atoms with Crippen molar-refractivity contribution in [2.24, 2.45) is 5.92 Å². The maximum atomic E-state index is 11.3. The van der Waals surface area contributed by atoms with Crippen molar-refractivity contribution < 1.29 is 9.53 Å². The number of ether oxygens (including phenoxy) is 1. The molecule has 1 aliphatic rings. The number of carbonyl (C=O) groups excluding carboxylic acids is 1. The second kappa shape index (κ2) is 5.69. The summed E-state index contributed by atoms with van der Waals surface area (Å²) in [5, 5.41) is 2.04. The molecule has 1 saturated carbocycles. The summed E-state index contributed by atoms with van der Waals surface area (Å²) in [6.45, 7) is 0.628. The molecular weight excluding hydrogens is 244 g/mol.